The number of benzene rings is 2. The van der Waals surface area contributed by atoms with Crippen LogP contribution in [0.3, 0.4) is 0 Å². The molecule has 0 N–H and O–H groups in total. The van der Waals surface area contributed by atoms with E-state index in [4.69, 9.17) is 4.74 Å². The van der Waals surface area contributed by atoms with Gasteiger partial charge < -0.3 is 9.64 Å². The fourth-order valence-corrected chi connectivity index (χ4v) is 5.48. The fraction of sp³-hybridized carbons (Fsp3) is 0.364. The molecule has 0 aromatic heterocycles. The van der Waals surface area contributed by atoms with Crippen molar-refractivity contribution in [2.45, 2.75) is 31.3 Å². The van der Waals surface area contributed by atoms with Crippen LogP contribution in [0.4, 0.5) is 0 Å². The molecule has 2 aromatic rings. The number of ether oxygens (including phenoxy) is 1. The van der Waals surface area contributed by atoms with E-state index in [1.54, 1.807) is 17.0 Å². The molecule has 0 unspecified atom stereocenters. The fourth-order valence-electron chi connectivity index (χ4n) is 3.77. The molecule has 1 aliphatic heterocycles. The molecule has 1 aliphatic carbocycles. The number of sulfone groups is 1. The lowest BCUT2D eigenvalue weighted by Gasteiger charge is -2.28. The number of hydrogen-bond donors (Lipinski definition) is 0. The second-order valence-corrected chi connectivity index (χ2v) is 9.84. The Balaban J connectivity index is 1.36. The van der Waals surface area contributed by atoms with Gasteiger partial charge >= 0.3 is 5.97 Å². The predicted molar refractivity (Wildman–Crippen MR) is 109 cm³/mol. The molecule has 1 atom stereocenters. The van der Waals surface area contributed by atoms with Crippen molar-refractivity contribution in [2.24, 2.45) is 0 Å². The summed E-state index contributed by atoms with van der Waals surface area (Å²) < 4.78 is 28.8. The lowest BCUT2D eigenvalue weighted by molar-refractivity contribution is -0.137. The minimum atomic E-state index is -3.08. The van der Waals surface area contributed by atoms with E-state index in [9.17, 15) is 18.0 Å². The molecule has 0 radical (unpaired) electrons. The van der Waals surface area contributed by atoms with Gasteiger partial charge in [0.1, 0.15) is 0 Å². The molecule has 2 fully saturated rings. The van der Waals surface area contributed by atoms with Crippen molar-refractivity contribution in [1.82, 2.24) is 4.90 Å². The highest BCUT2D eigenvalue weighted by Crippen LogP contribution is 2.32. The standard InChI is InChI=1S/C22H23NO5S/c24-21(23(19-10-11-19)20-12-13-29(26,27)15-20)14-28-22(25)18-8-6-17(7-9-18)16-4-2-1-3-5-16/h1-9,19-20H,10-15H2/t20-/m1/s1. The van der Waals surface area contributed by atoms with E-state index in [2.05, 4.69) is 0 Å². The molecule has 2 aliphatic rings. The van der Waals surface area contributed by atoms with Crippen LogP contribution >= 0.6 is 0 Å². The molecule has 29 heavy (non-hydrogen) atoms. The third-order valence-electron chi connectivity index (χ3n) is 5.38. The van der Waals surface area contributed by atoms with Gasteiger partial charge in [-0.15, -0.1) is 0 Å². The summed E-state index contributed by atoms with van der Waals surface area (Å²) in [6.45, 7) is -0.369. The third-order valence-corrected chi connectivity index (χ3v) is 7.13. The smallest absolute Gasteiger partial charge is 0.338 e. The van der Waals surface area contributed by atoms with Crippen LogP contribution in [-0.4, -0.2) is 55.4 Å². The Morgan fingerprint density at radius 1 is 0.897 bits per heavy atom. The molecular weight excluding hydrogens is 390 g/mol. The summed E-state index contributed by atoms with van der Waals surface area (Å²) in [5.74, 6) is -0.761. The Bertz CT molecular complexity index is 997. The highest BCUT2D eigenvalue weighted by molar-refractivity contribution is 7.91. The Kier molecular flexibility index (Phi) is 5.41. The summed E-state index contributed by atoms with van der Waals surface area (Å²) in [5.41, 5.74) is 2.41. The van der Waals surface area contributed by atoms with Gasteiger partial charge in [-0.2, -0.15) is 0 Å². The zero-order valence-electron chi connectivity index (χ0n) is 16.0. The summed E-state index contributed by atoms with van der Waals surface area (Å²) >= 11 is 0. The van der Waals surface area contributed by atoms with Gasteiger partial charge in [0, 0.05) is 12.1 Å². The van der Waals surface area contributed by atoms with Crippen molar-refractivity contribution in [2.75, 3.05) is 18.1 Å². The quantitative estimate of drug-likeness (QED) is 0.680. The third kappa shape index (κ3) is 4.67. The number of hydrogen-bond acceptors (Lipinski definition) is 5. The maximum atomic E-state index is 12.7. The van der Waals surface area contributed by atoms with Crippen LogP contribution in [0.25, 0.3) is 11.1 Å². The predicted octanol–water partition coefficient (Wildman–Crippen LogP) is 2.69. The van der Waals surface area contributed by atoms with Gasteiger partial charge in [-0.3, -0.25) is 4.79 Å². The van der Waals surface area contributed by atoms with E-state index in [0.717, 1.165) is 24.0 Å². The lowest BCUT2D eigenvalue weighted by Crippen LogP contribution is -2.44. The SMILES string of the molecule is O=C(OCC(=O)N(C1CC1)[C@@H]1CCS(=O)(=O)C1)c1ccc(-c2ccccc2)cc1. The first-order chi connectivity index (χ1) is 13.9. The van der Waals surface area contributed by atoms with Gasteiger partial charge in [0.05, 0.1) is 17.1 Å². The normalized spacial score (nSPS) is 20.2. The van der Waals surface area contributed by atoms with Gasteiger partial charge in [0.25, 0.3) is 5.91 Å². The second kappa shape index (κ2) is 7.99. The van der Waals surface area contributed by atoms with E-state index in [-0.39, 0.29) is 36.1 Å². The first-order valence-corrected chi connectivity index (χ1v) is 11.6. The molecule has 4 rings (SSSR count). The maximum absolute atomic E-state index is 12.7. The van der Waals surface area contributed by atoms with E-state index in [1.807, 2.05) is 42.5 Å². The molecule has 1 saturated carbocycles. The first-order valence-electron chi connectivity index (χ1n) is 9.77. The molecule has 7 heteroatoms. The Morgan fingerprint density at radius 2 is 1.55 bits per heavy atom. The molecule has 1 heterocycles. The monoisotopic (exact) mass is 413 g/mol. The van der Waals surface area contributed by atoms with Crippen LogP contribution in [0.1, 0.15) is 29.6 Å². The number of amides is 1. The van der Waals surface area contributed by atoms with Crippen LogP contribution in [-0.2, 0) is 19.4 Å². The summed E-state index contributed by atoms with van der Waals surface area (Å²) in [5, 5.41) is 0. The number of nitrogens with zero attached hydrogens (tertiary/aromatic N) is 1. The Hall–Kier alpha value is -2.67. The van der Waals surface area contributed by atoms with E-state index in [0.29, 0.717) is 12.0 Å². The summed E-state index contributed by atoms with van der Waals surface area (Å²) in [6, 6.07) is 16.6. The van der Waals surface area contributed by atoms with Gasteiger partial charge in [-0.1, -0.05) is 42.5 Å². The van der Waals surface area contributed by atoms with Crippen LogP contribution in [0.15, 0.2) is 54.6 Å². The Morgan fingerprint density at radius 3 is 2.14 bits per heavy atom. The van der Waals surface area contributed by atoms with Crippen molar-refractivity contribution in [3.63, 3.8) is 0 Å². The number of carbonyl (C=O) groups is 2. The number of carbonyl (C=O) groups excluding carboxylic acids is 2. The van der Waals surface area contributed by atoms with Crippen molar-refractivity contribution >= 4 is 21.7 Å². The molecular formula is C22H23NO5S. The van der Waals surface area contributed by atoms with Gasteiger partial charge in [-0.25, -0.2) is 13.2 Å². The van der Waals surface area contributed by atoms with Gasteiger partial charge in [0.15, 0.2) is 16.4 Å². The molecule has 0 spiro atoms. The lowest BCUT2D eigenvalue weighted by atomic mass is 10.0. The topological polar surface area (TPSA) is 80.8 Å². The van der Waals surface area contributed by atoms with Crippen molar-refractivity contribution in [3.8, 4) is 11.1 Å². The number of esters is 1. The first kappa shape index (κ1) is 19.6. The molecule has 152 valence electrons. The minimum absolute atomic E-state index is 0.00410. The van der Waals surface area contributed by atoms with Crippen molar-refractivity contribution in [3.05, 3.63) is 60.2 Å². The van der Waals surface area contributed by atoms with Crippen LogP contribution in [0.5, 0.6) is 0 Å². The van der Waals surface area contributed by atoms with E-state index in [1.165, 1.54) is 0 Å². The Labute approximate surface area is 170 Å². The summed E-state index contributed by atoms with van der Waals surface area (Å²) in [6.07, 6.45) is 2.20. The average Bonchev–Trinajstić information content (AvgIpc) is 3.49. The van der Waals surface area contributed by atoms with E-state index < -0.39 is 15.8 Å². The van der Waals surface area contributed by atoms with Gasteiger partial charge in [0.2, 0.25) is 0 Å². The van der Waals surface area contributed by atoms with Gasteiger partial charge in [-0.05, 0) is 42.5 Å². The highest BCUT2D eigenvalue weighted by Gasteiger charge is 2.42. The summed E-state index contributed by atoms with van der Waals surface area (Å²) in [4.78, 5) is 26.6. The second-order valence-electron chi connectivity index (χ2n) is 7.61. The average molecular weight is 413 g/mol. The number of rotatable bonds is 6. The zero-order valence-corrected chi connectivity index (χ0v) is 16.8. The zero-order chi connectivity index (χ0) is 20.4. The minimum Gasteiger partial charge on any atom is -0.452 e. The largest absolute Gasteiger partial charge is 0.452 e. The van der Waals surface area contributed by atoms with Crippen molar-refractivity contribution in [1.29, 1.82) is 0 Å². The maximum Gasteiger partial charge on any atom is 0.338 e. The molecule has 1 amide bonds. The summed E-state index contributed by atoms with van der Waals surface area (Å²) in [7, 11) is -3.08. The molecule has 1 saturated heterocycles. The van der Waals surface area contributed by atoms with E-state index >= 15 is 0 Å². The highest BCUT2D eigenvalue weighted by atomic mass is 32.2. The van der Waals surface area contributed by atoms with Crippen LogP contribution in [0, 0.1) is 0 Å². The molecule has 0 bridgehead atoms. The molecule has 2 aromatic carbocycles. The molecule has 6 nitrogen and oxygen atoms in total. The van der Waals surface area contributed by atoms with Crippen LogP contribution < -0.4 is 0 Å². The van der Waals surface area contributed by atoms with Crippen LogP contribution in [0.2, 0.25) is 0 Å². The van der Waals surface area contributed by atoms with Crippen molar-refractivity contribution < 1.29 is 22.7 Å².